The number of rotatable bonds is 6. The minimum Gasteiger partial charge on any atom is -0.469 e. The molecular formula is C32H44O5. The van der Waals surface area contributed by atoms with Gasteiger partial charge in [-0.2, -0.15) is 0 Å². The zero-order valence-electron chi connectivity index (χ0n) is 23.0. The van der Waals surface area contributed by atoms with E-state index >= 15 is 0 Å². The summed E-state index contributed by atoms with van der Waals surface area (Å²) in [6.45, 7) is 6.93. The van der Waals surface area contributed by atoms with Crippen molar-refractivity contribution < 1.29 is 23.9 Å². The third kappa shape index (κ3) is 4.55. The molecule has 202 valence electrons. The first-order valence-electron chi connectivity index (χ1n) is 14.5. The van der Waals surface area contributed by atoms with Crippen molar-refractivity contribution in [2.45, 2.75) is 91.1 Å². The molecule has 0 spiro atoms. The van der Waals surface area contributed by atoms with Gasteiger partial charge in [-0.3, -0.25) is 9.59 Å². The summed E-state index contributed by atoms with van der Waals surface area (Å²) in [6.07, 6.45) is 9.31. The van der Waals surface area contributed by atoms with Crippen LogP contribution in [0, 0.1) is 46.3 Å². The number of ketones is 1. The number of ether oxygens (including phenoxy) is 2. The van der Waals surface area contributed by atoms with Crippen LogP contribution in [-0.2, 0) is 19.1 Å². The zero-order chi connectivity index (χ0) is 26.4. The number of hydrogen-bond acceptors (Lipinski definition) is 5. The van der Waals surface area contributed by atoms with E-state index < -0.39 is 0 Å². The van der Waals surface area contributed by atoms with Crippen LogP contribution in [0.5, 0.6) is 0 Å². The number of hydrogen-bond donors (Lipinski definition) is 0. The van der Waals surface area contributed by atoms with Crippen molar-refractivity contribution in [1.82, 2.24) is 0 Å². The fraction of sp³-hybridized carbons (Fsp3) is 0.719. The highest BCUT2D eigenvalue weighted by Gasteiger charge is 2.64. The molecule has 0 amide bonds. The van der Waals surface area contributed by atoms with E-state index in [1.54, 1.807) is 0 Å². The van der Waals surface area contributed by atoms with Gasteiger partial charge in [-0.15, -0.1) is 0 Å². The highest BCUT2D eigenvalue weighted by molar-refractivity contribution is 5.89. The first-order chi connectivity index (χ1) is 17.7. The Balaban J connectivity index is 1.27. The maximum Gasteiger partial charge on any atom is 0.338 e. The number of carbonyl (C=O) groups excluding carboxylic acids is 3. The van der Waals surface area contributed by atoms with Crippen LogP contribution >= 0.6 is 0 Å². The molecular weight excluding hydrogens is 464 g/mol. The van der Waals surface area contributed by atoms with Gasteiger partial charge in [0.25, 0.3) is 0 Å². The molecule has 0 aromatic heterocycles. The van der Waals surface area contributed by atoms with Crippen LogP contribution in [0.4, 0.5) is 0 Å². The zero-order valence-corrected chi connectivity index (χ0v) is 23.0. The molecule has 5 rings (SSSR count). The van der Waals surface area contributed by atoms with Crippen molar-refractivity contribution in [3.63, 3.8) is 0 Å². The second kappa shape index (κ2) is 10.2. The lowest BCUT2D eigenvalue weighted by Crippen LogP contribution is -2.57. The fourth-order valence-electron chi connectivity index (χ4n) is 9.42. The standard InChI is InChI=1S/C32H44O5/c1-20(10-15-29(34)36-4)25-13-14-26-24-12-11-22-18-23(37-30(35)21-8-6-5-7-9-21)16-17-31(22,2)27(24)19-28(33)32(25,26)3/h5-9,20,22-27H,10-19H2,1-4H3/t20-,22-,23+,24+,25+,26-,27+,31-,32+/m0/s1. The summed E-state index contributed by atoms with van der Waals surface area (Å²) < 4.78 is 10.8. The van der Waals surface area contributed by atoms with Gasteiger partial charge < -0.3 is 9.47 Å². The van der Waals surface area contributed by atoms with Crippen molar-refractivity contribution in [1.29, 1.82) is 0 Å². The van der Waals surface area contributed by atoms with Gasteiger partial charge in [0.2, 0.25) is 0 Å². The van der Waals surface area contributed by atoms with E-state index in [-0.39, 0.29) is 28.9 Å². The molecule has 0 saturated heterocycles. The Kier molecular flexibility index (Phi) is 7.28. The Bertz CT molecular complexity index is 1020. The summed E-state index contributed by atoms with van der Waals surface area (Å²) in [5.74, 6) is 2.79. The predicted octanol–water partition coefficient (Wildman–Crippen LogP) is 6.64. The Labute approximate surface area is 222 Å². The highest BCUT2D eigenvalue weighted by atomic mass is 16.5. The summed E-state index contributed by atoms with van der Waals surface area (Å²) in [5.41, 5.74) is 0.500. The van der Waals surface area contributed by atoms with Gasteiger partial charge >= 0.3 is 11.9 Å². The van der Waals surface area contributed by atoms with Crippen LogP contribution in [0.2, 0.25) is 0 Å². The van der Waals surface area contributed by atoms with Crippen molar-refractivity contribution in [2.75, 3.05) is 7.11 Å². The summed E-state index contributed by atoms with van der Waals surface area (Å²) in [5, 5.41) is 0. The minimum absolute atomic E-state index is 0.0292. The molecule has 0 heterocycles. The van der Waals surface area contributed by atoms with Crippen molar-refractivity contribution in [3.05, 3.63) is 35.9 Å². The van der Waals surface area contributed by atoms with Crippen LogP contribution in [0.15, 0.2) is 30.3 Å². The number of methoxy groups -OCH3 is 1. The van der Waals surface area contributed by atoms with Gasteiger partial charge in [-0.1, -0.05) is 39.0 Å². The molecule has 0 N–H and O–H groups in total. The Morgan fingerprint density at radius 1 is 1.03 bits per heavy atom. The molecule has 1 aromatic carbocycles. The summed E-state index contributed by atoms with van der Waals surface area (Å²) >= 11 is 0. The van der Waals surface area contributed by atoms with Crippen LogP contribution in [0.3, 0.4) is 0 Å². The smallest absolute Gasteiger partial charge is 0.338 e. The number of fused-ring (bicyclic) bond motifs is 5. The van der Waals surface area contributed by atoms with E-state index in [9.17, 15) is 14.4 Å². The first-order valence-corrected chi connectivity index (χ1v) is 14.5. The molecule has 0 radical (unpaired) electrons. The Morgan fingerprint density at radius 2 is 1.78 bits per heavy atom. The average molecular weight is 509 g/mol. The van der Waals surface area contributed by atoms with E-state index in [0.717, 1.165) is 38.5 Å². The summed E-state index contributed by atoms with van der Waals surface area (Å²) in [7, 11) is 1.45. The summed E-state index contributed by atoms with van der Waals surface area (Å²) in [4.78, 5) is 38.4. The van der Waals surface area contributed by atoms with Crippen LogP contribution in [0.1, 0.15) is 95.3 Å². The minimum atomic E-state index is -0.262. The van der Waals surface area contributed by atoms with Crippen molar-refractivity contribution in [2.24, 2.45) is 46.3 Å². The van der Waals surface area contributed by atoms with Crippen LogP contribution in [-0.4, -0.2) is 30.9 Å². The molecule has 0 bridgehead atoms. The van der Waals surface area contributed by atoms with E-state index in [1.807, 2.05) is 30.3 Å². The topological polar surface area (TPSA) is 69.7 Å². The molecule has 0 aliphatic heterocycles. The third-order valence-electron chi connectivity index (χ3n) is 11.6. The third-order valence-corrected chi connectivity index (χ3v) is 11.6. The Hall–Kier alpha value is -2.17. The number of carbonyl (C=O) groups is 3. The molecule has 4 saturated carbocycles. The molecule has 5 heteroatoms. The van der Waals surface area contributed by atoms with Gasteiger partial charge in [0.15, 0.2) is 0 Å². The average Bonchev–Trinajstić information content (AvgIpc) is 3.27. The lowest BCUT2D eigenvalue weighted by Gasteiger charge is -2.60. The second-order valence-electron chi connectivity index (χ2n) is 13.0. The van der Waals surface area contributed by atoms with Gasteiger partial charge in [0.05, 0.1) is 12.7 Å². The SMILES string of the molecule is COC(=O)CC[C@H](C)[C@H]1CC[C@H]2[C@H]3CC[C@H]4C[C@H](OC(=O)c5ccccc5)CC[C@]4(C)[C@@H]3CC(=O)[C@]12C. The molecule has 9 atom stereocenters. The van der Waals surface area contributed by atoms with Crippen LogP contribution < -0.4 is 0 Å². The Morgan fingerprint density at radius 3 is 2.51 bits per heavy atom. The molecule has 37 heavy (non-hydrogen) atoms. The lowest BCUT2D eigenvalue weighted by atomic mass is 9.44. The van der Waals surface area contributed by atoms with Crippen molar-refractivity contribution in [3.8, 4) is 0 Å². The summed E-state index contributed by atoms with van der Waals surface area (Å²) in [6, 6.07) is 9.29. The molecule has 0 unspecified atom stereocenters. The molecule has 4 aliphatic carbocycles. The number of benzene rings is 1. The van der Waals surface area contributed by atoms with Crippen molar-refractivity contribution >= 4 is 17.7 Å². The molecule has 1 aromatic rings. The van der Waals surface area contributed by atoms with Gasteiger partial charge in [0, 0.05) is 18.3 Å². The maximum atomic E-state index is 14.0. The number of esters is 2. The maximum absolute atomic E-state index is 14.0. The first kappa shape index (κ1) is 26.4. The molecule has 5 nitrogen and oxygen atoms in total. The quantitative estimate of drug-likeness (QED) is 0.403. The highest BCUT2D eigenvalue weighted by Crippen LogP contribution is 2.67. The van der Waals surface area contributed by atoms with Gasteiger partial charge in [-0.25, -0.2) is 4.79 Å². The van der Waals surface area contributed by atoms with Gasteiger partial charge in [0.1, 0.15) is 11.9 Å². The normalized spacial score (nSPS) is 39.6. The van der Waals surface area contributed by atoms with E-state index in [0.29, 0.717) is 59.7 Å². The van der Waals surface area contributed by atoms with E-state index in [4.69, 9.17) is 9.47 Å². The fourth-order valence-corrected chi connectivity index (χ4v) is 9.42. The lowest BCUT2D eigenvalue weighted by molar-refractivity contribution is -0.160. The largest absolute Gasteiger partial charge is 0.469 e. The molecule has 4 fully saturated rings. The van der Waals surface area contributed by atoms with Crippen LogP contribution in [0.25, 0.3) is 0 Å². The molecule has 4 aliphatic rings. The van der Waals surface area contributed by atoms with E-state index in [2.05, 4.69) is 20.8 Å². The van der Waals surface area contributed by atoms with E-state index in [1.165, 1.54) is 20.0 Å². The second-order valence-corrected chi connectivity index (χ2v) is 13.0. The van der Waals surface area contributed by atoms with Gasteiger partial charge in [-0.05, 0) is 104 Å². The predicted molar refractivity (Wildman–Crippen MR) is 142 cm³/mol. The monoisotopic (exact) mass is 508 g/mol. The number of Topliss-reactive ketones (excluding diaryl/α,β-unsaturated/α-hetero) is 1.